The first-order chi connectivity index (χ1) is 12.6. The van der Waals surface area contributed by atoms with Crippen LogP contribution in [0.5, 0.6) is 0 Å². The molecule has 5 nitrogen and oxygen atoms in total. The molecule has 132 valence electrons. The first kappa shape index (κ1) is 17.5. The van der Waals surface area contributed by atoms with Crippen molar-refractivity contribution in [3.05, 3.63) is 83.6 Å². The van der Waals surface area contributed by atoms with Crippen molar-refractivity contribution >= 4 is 23.1 Å². The molecule has 0 saturated heterocycles. The molecule has 0 aliphatic rings. The van der Waals surface area contributed by atoms with E-state index >= 15 is 0 Å². The molecule has 0 atom stereocenters. The Morgan fingerprint density at radius 2 is 1.81 bits per heavy atom. The molecule has 1 amide bonds. The summed E-state index contributed by atoms with van der Waals surface area (Å²) in [4.78, 5) is 16.6. The summed E-state index contributed by atoms with van der Waals surface area (Å²) in [6.45, 7) is 2.86. The van der Waals surface area contributed by atoms with E-state index in [-0.39, 0.29) is 5.91 Å². The highest BCUT2D eigenvalue weighted by Crippen LogP contribution is 2.18. The number of hydrogen-bond donors (Lipinski definition) is 3. The molecule has 0 aliphatic heterocycles. The van der Waals surface area contributed by atoms with Gasteiger partial charge in [-0.05, 0) is 43.2 Å². The number of para-hydroxylation sites is 2. The number of rotatable bonds is 6. The van der Waals surface area contributed by atoms with E-state index in [4.69, 9.17) is 5.73 Å². The lowest BCUT2D eigenvalue weighted by molar-refractivity contribution is 0.102. The minimum atomic E-state index is -0.235. The molecule has 0 unspecified atom stereocenters. The minimum Gasteiger partial charge on any atom is -0.397 e. The highest BCUT2D eigenvalue weighted by Gasteiger charge is 2.08. The fourth-order valence-electron chi connectivity index (χ4n) is 2.53. The smallest absolute Gasteiger partial charge is 0.257 e. The summed E-state index contributed by atoms with van der Waals surface area (Å²) in [5.41, 5.74) is 9.99. The molecular weight excluding hydrogens is 324 g/mol. The maximum absolute atomic E-state index is 12.3. The van der Waals surface area contributed by atoms with Gasteiger partial charge >= 0.3 is 0 Å². The van der Waals surface area contributed by atoms with Crippen LogP contribution in [0.2, 0.25) is 0 Å². The van der Waals surface area contributed by atoms with Gasteiger partial charge in [-0.2, -0.15) is 0 Å². The zero-order valence-electron chi connectivity index (χ0n) is 14.7. The maximum Gasteiger partial charge on any atom is 0.257 e. The number of benzene rings is 2. The summed E-state index contributed by atoms with van der Waals surface area (Å²) < 4.78 is 0. The Balaban J connectivity index is 1.53. The number of anilines is 3. The SMILES string of the molecule is Cc1ccc(CCNc2ccc(C(=O)Nc3ccccc3N)cn2)cc1. The molecule has 4 N–H and O–H groups in total. The van der Waals surface area contributed by atoms with Crippen LogP contribution < -0.4 is 16.4 Å². The second-order valence-electron chi connectivity index (χ2n) is 6.14. The Hall–Kier alpha value is -3.34. The van der Waals surface area contributed by atoms with E-state index < -0.39 is 0 Å². The number of carbonyl (C=O) groups is 1. The lowest BCUT2D eigenvalue weighted by Gasteiger charge is -2.09. The van der Waals surface area contributed by atoms with E-state index in [0.29, 0.717) is 16.9 Å². The van der Waals surface area contributed by atoms with Crippen molar-refractivity contribution in [2.24, 2.45) is 0 Å². The highest BCUT2D eigenvalue weighted by molar-refractivity contribution is 6.05. The predicted molar refractivity (Wildman–Crippen MR) is 106 cm³/mol. The molecule has 5 heteroatoms. The number of hydrogen-bond acceptors (Lipinski definition) is 4. The lowest BCUT2D eigenvalue weighted by Crippen LogP contribution is -2.14. The van der Waals surface area contributed by atoms with Gasteiger partial charge in [-0.25, -0.2) is 4.98 Å². The van der Waals surface area contributed by atoms with Gasteiger partial charge in [0.05, 0.1) is 16.9 Å². The van der Waals surface area contributed by atoms with Gasteiger partial charge in [0.15, 0.2) is 0 Å². The fourth-order valence-corrected chi connectivity index (χ4v) is 2.53. The monoisotopic (exact) mass is 346 g/mol. The Labute approximate surface area is 153 Å². The second-order valence-corrected chi connectivity index (χ2v) is 6.14. The average molecular weight is 346 g/mol. The van der Waals surface area contributed by atoms with E-state index in [2.05, 4.69) is 46.8 Å². The third-order valence-corrected chi connectivity index (χ3v) is 4.08. The third-order valence-electron chi connectivity index (χ3n) is 4.08. The Bertz CT molecular complexity index is 873. The number of carbonyl (C=O) groups excluding carboxylic acids is 1. The quantitative estimate of drug-likeness (QED) is 0.592. The van der Waals surface area contributed by atoms with Crippen LogP contribution in [0.3, 0.4) is 0 Å². The Kier molecular flexibility index (Phi) is 5.49. The maximum atomic E-state index is 12.3. The molecular formula is C21H22N4O. The van der Waals surface area contributed by atoms with Crippen LogP contribution in [-0.4, -0.2) is 17.4 Å². The third kappa shape index (κ3) is 4.60. The first-order valence-electron chi connectivity index (χ1n) is 8.53. The van der Waals surface area contributed by atoms with Crippen molar-refractivity contribution in [1.82, 2.24) is 4.98 Å². The van der Waals surface area contributed by atoms with Gasteiger partial charge < -0.3 is 16.4 Å². The summed E-state index contributed by atoms with van der Waals surface area (Å²) in [5.74, 6) is 0.509. The molecule has 0 radical (unpaired) electrons. The van der Waals surface area contributed by atoms with Gasteiger partial charge in [-0.3, -0.25) is 4.79 Å². The molecule has 2 aromatic carbocycles. The number of pyridine rings is 1. The molecule has 3 aromatic rings. The number of nitrogens with zero attached hydrogens (tertiary/aromatic N) is 1. The van der Waals surface area contributed by atoms with Crippen molar-refractivity contribution in [2.45, 2.75) is 13.3 Å². The summed E-state index contributed by atoms with van der Waals surface area (Å²) >= 11 is 0. The molecule has 26 heavy (non-hydrogen) atoms. The van der Waals surface area contributed by atoms with Gasteiger partial charge in [0.1, 0.15) is 5.82 Å². The molecule has 1 aromatic heterocycles. The molecule has 0 fully saturated rings. The van der Waals surface area contributed by atoms with E-state index in [1.807, 2.05) is 12.1 Å². The molecule has 0 spiro atoms. The number of nitrogens with one attached hydrogen (secondary N) is 2. The van der Waals surface area contributed by atoms with Gasteiger partial charge in [-0.1, -0.05) is 42.0 Å². The molecule has 1 heterocycles. The van der Waals surface area contributed by atoms with Crippen molar-refractivity contribution in [2.75, 3.05) is 22.9 Å². The van der Waals surface area contributed by atoms with Crippen molar-refractivity contribution < 1.29 is 4.79 Å². The number of aromatic nitrogens is 1. The molecule has 0 bridgehead atoms. The van der Waals surface area contributed by atoms with Crippen LogP contribution in [0, 0.1) is 6.92 Å². The van der Waals surface area contributed by atoms with Gasteiger partial charge in [0.25, 0.3) is 5.91 Å². The van der Waals surface area contributed by atoms with Crippen LogP contribution >= 0.6 is 0 Å². The van der Waals surface area contributed by atoms with Crippen molar-refractivity contribution in [3.63, 3.8) is 0 Å². The number of amides is 1. The lowest BCUT2D eigenvalue weighted by atomic mass is 10.1. The highest BCUT2D eigenvalue weighted by atomic mass is 16.1. The van der Waals surface area contributed by atoms with E-state index in [0.717, 1.165) is 18.8 Å². The largest absolute Gasteiger partial charge is 0.397 e. The minimum absolute atomic E-state index is 0.235. The molecule has 0 aliphatic carbocycles. The zero-order valence-corrected chi connectivity index (χ0v) is 14.7. The fraction of sp³-hybridized carbons (Fsp3) is 0.143. The topological polar surface area (TPSA) is 80.0 Å². The number of nitrogen functional groups attached to an aromatic ring is 1. The van der Waals surface area contributed by atoms with Crippen LogP contribution in [-0.2, 0) is 6.42 Å². The number of nitrogens with two attached hydrogens (primary N) is 1. The summed E-state index contributed by atoms with van der Waals surface area (Å²) in [7, 11) is 0. The van der Waals surface area contributed by atoms with E-state index in [1.165, 1.54) is 11.1 Å². The summed E-state index contributed by atoms with van der Waals surface area (Å²) in [6.07, 6.45) is 2.47. The van der Waals surface area contributed by atoms with Crippen molar-refractivity contribution in [3.8, 4) is 0 Å². The summed E-state index contributed by atoms with van der Waals surface area (Å²) in [6, 6.07) is 19.2. The van der Waals surface area contributed by atoms with Crippen LogP contribution in [0.15, 0.2) is 66.9 Å². The average Bonchev–Trinajstić information content (AvgIpc) is 2.66. The Morgan fingerprint density at radius 3 is 2.50 bits per heavy atom. The number of aryl methyl sites for hydroxylation is 1. The van der Waals surface area contributed by atoms with Crippen LogP contribution in [0.25, 0.3) is 0 Å². The normalized spacial score (nSPS) is 10.3. The first-order valence-corrected chi connectivity index (χ1v) is 8.53. The molecule has 0 saturated carbocycles. The van der Waals surface area contributed by atoms with Crippen molar-refractivity contribution in [1.29, 1.82) is 0 Å². The van der Waals surface area contributed by atoms with Gasteiger partial charge in [-0.15, -0.1) is 0 Å². The predicted octanol–water partition coefficient (Wildman–Crippen LogP) is 3.88. The Morgan fingerprint density at radius 1 is 1.04 bits per heavy atom. The van der Waals surface area contributed by atoms with Crippen LogP contribution in [0.4, 0.5) is 17.2 Å². The zero-order chi connectivity index (χ0) is 18.4. The van der Waals surface area contributed by atoms with E-state index in [9.17, 15) is 4.79 Å². The van der Waals surface area contributed by atoms with Gasteiger partial charge in [0, 0.05) is 12.7 Å². The van der Waals surface area contributed by atoms with E-state index in [1.54, 1.807) is 30.5 Å². The molecule has 3 rings (SSSR count). The van der Waals surface area contributed by atoms with Crippen LogP contribution in [0.1, 0.15) is 21.5 Å². The second kappa shape index (κ2) is 8.16. The van der Waals surface area contributed by atoms with Gasteiger partial charge in [0.2, 0.25) is 0 Å². The summed E-state index contributed by atoms with van der Waals surface area (Å²) in [5, 5.41) is 6.06. The standard InChI is InChI=1S/C21H22N4O/c1-15-6-8-16(9-7-15)12-13-23-20-11-10-17(14-24-20)21(26)25-19-5-3-2-4-18(19)22/h2-11,14H,12-13,22H2,1H3,(H,23,24)(H,25,26).